The molecule has 10 heteroatoms. The Hall–Kier alpha value is -1.82. The molecular formula is C27H38N2O6S2. The minimum atomic E-state index is -3.62. The molecule has 0 aliphatic carbocycles. The maximum atomic E-state index is 13.2. The highest BCUT2D eigenvalue weighted by atomic mass is 32.2. The van der Waals surface area contributed by atoms with Gasteiger partial charge in [-0.15, -0.1) is 0 Å². The third-order valence-corrected chi connectivity index (χ3v) is 10.9. The van der Waals surface area contributed by atoms with E-state index in [9.17, 15) is 16.8 Å². The van der Waals surface area contributed by atoms with E-state index in [4.69, 9.17) is 9.47 Å². The molecule has 2 aliphatic rings. The van der Waals surface area contributed by atoms with Crippen LogP contribution in [0.4, 0.5) is 0 Å². The van der Waals surface area contributed by atoms with Crippen LogP contribution in [0, 0.1) is 0 Å². The Balaban J connectivity index is 1.54. The van der Waals surface area contributed by atoms with Crippen LogP contribution in [0.1, 0.15) is 52.7 Å². The van der Waals surface area contributed by atoms with Gasteiger partial charge in [0.25, 0.3) is 0 Å². The Bertz CT molecular complexity index is 1190. The van der Waals surface area contributed by atoms with Crippen molar-refractivity contribution in [3.05, 3.63) is 59.7 Å². The molecule has 4 atom stereocenters. The number of nitrogens with zero attached hydrogens (tertiary/aromatic N) is 2. The molecule has 4 rings (SSSR count). The van der Waals surface area contributed by atoms with Crippen LogP contribution in [0.25, 0.3) is 0 Å². The SMILES string of the molecule is C[C@@H]1CN(S(=O)(=O)c2ccc(C(C)(C)c3ccc(S(=O)(=O)N4C[C@H](C)O[C@@H](C)C4)cc3)cc2)C[C@@H](C)O1. The molecule has 2 saturated heterocycles. The number of hydrogen-bond acceptors (Lipinski definition) is 6. The van der Waals surface area contributed by atoms with Gasteiger partial charge in [0.1, 0.15) is 0 Å². The van der Waals surface area contributed by atoms with Crippen molar-refractivity contribution in [2.24, 2.45) is 0 Å². The summed E-state index contributed by atoms with van der Waals surface area (Å²) < 4.78 is 67.2. The fourth-order valence-electron chi connectivity index (χ4n) is 5.21. The molecule has 0 unspecified atom stereocenters. The monoisotopic (exact) mass is 550 g/mol. The Morgan fingerprint density at radius 3 is 1.14 bits per heavy atom. The summed E-state index contributed by atoms with van der Waals surface area (Å²) >= 11 is 0. The molecule has 0 radical (unpaired) electrons. The quantitative estimate of drug-likeness (QED) is 0.546. The third kappa shape index (κ3) is 5.79. The summed E-state index contributed by atoms with van der Waals surface area (Å²) in [5, 5.41) is 0. The molecule has 0 spiro atoms. The summed E-state index contributed by atoms with van der Waals surface area (Å²) in [7, 11) is -7.24. The van der Waals surface area contributed by atoms with E-state index in [0.29, 0.717) is 26.2 Å². The van der Waals surface area contributed by atoms with Gasteiger partial charge >= 0.3 is 0 Å². The summed E-state index contributed by atoms with van der Waals surface area (Å²) in [5.74, 6) is 0. The van der Waals surface area contributed by atoms with Gasteiger partial charge in [-0.2, -0.15) is 8.61 Å². The van der Waals surface area contributed by atoms with Gasteiger partial charge in [0.05, 0.1) is 34.2 Å². The van der Waals surface area contributed by atoms with E-state index in [2.05, 4.69) is 0 Å². The van der Waals surface area contributed by atoms with Crippen molar-refractivity contribution in [2.75, 3.05) is 26.2 Å². The number of morpholine rings is 2. The van der Waals surface area contributed by atoms with Gasteiger partial charge in [0.15, 0.2) is 0 Å². The average molecular weight is 551 g/mol. The Kier molecular flexibility index (Phi) is 7.92. The van der Waals surface area contributed by atoms with Gasteiger partial charge in [0, 0.05) is 31.6 Å². The molecule has 37 heavy (non-hydrogen) atoms. The van der Waals surface area contributed by atoms with E-state index in [1.807, 2.05) is 65.8 Å². The second-order valence-electron chi connectivity index (χ2n) is 10.8. The van der Waals surface area contributed by atoms with Crippen molar-refractivity contribution in [1.29, 1.82) is 0 Å². The van der Waals surface area contributed by atoms with Crippen LogP contribution in [0.2, 0.25) is 0 Å². The predicted molar refractivity (Wildman–Crippen MR) is 143 cm³/mol. The molecular weight excluding hydrogens is 512 g/mol. The van der Waals surface area contributed by atoms with Crippen LogP contribution in [-0.4, -0.2) is 76.0 Å². The van der Waals surface area contributed by atoms with Crippen molar-refractivity contribution in [1.82, 2.24) is 8.61 Å². The highest BCUT2D eigenvalue weighted by molar-refractivity contribution is 7.89. The predicted octanol–water partition coefficient (Wildman–Crippen LogP) is 3.61. The van der Waals surface area contributed by atoms with Crippen LogP contribution in [0.5, 0.6) is 0 Å². The highest BCUT2D eigenvalue weighted by Crippen LogP contribution is 2.34. The van der Waals surface area contributed by atoms with Crippen molar-refractivity contribution in [3.8, 4) is 0 Å². The maximum Gasteiger partial charge on any atom is 0.243 e. The number of benzene rings is 2. The van der Waals surface area contributed by atoms with E-state index in [1.165, 1.54) is 8.61 Å². The molecule has 2 aromatic rings. The Morgan fingerprint density at radius 2 is 0.865 bits per heavy atom. The zero-order valence-electron chi connectivity index (χ0n) is 22.4. The lowest BCUT2D eigenvalue weighted by molar-refractivity contribution is -0.0442. The number of sulfonamides is 2. The molecule has 0 bridgehead atoms. The first-order chi connectivity index (χ1) is 17.2. The number of rotatable bonds is 6. The van der Waals surface area contributed by atoms with Crippen molar-refractivity contribution in [3.63, 3.8) is 0 Å². The molecule has 2 aliphatic heterocycles. The van der Waals surface area contributed by atoms with Gasteiger partial charge in [0.2, 0.25) is 20.0 Å². The maximum absolute atomic E-state index is 13.2. The van der Waals surface area contributed by atoms with Crippen molar-refractivity contribution < 1.29 is 26.3 Å². The van der Waals surface area contributed by atoms with Crippen LogP contribution in [0.15, 0.2) is 58.3 Å². The minimum Gasteiger partial charge on any atom is -0.373 e. The highest BCUT2D eigenvalue weighted by Gasteiger charge is 2.34. The zero-order valence-corrected chi connectivity index (χ0v) is 24.1. The third-order valence-electron chi connectivity index (χ3n) is 7.20. The van der Waals surface area contributed by atoms with Crippen LogP contribution >= 0.6 is 0 Å². The van der Waals surface area contributed by atoms with E-state index in [-0.39, 0.29) is 34.2 Å². The lowest BCUT2D eigenvalue weighted by Gasteiger charge is -2.34. The fraction of sp³-hybridized carbons (Fsp3) is 0.556. The molecule has 0 amide bonds. The first-order valence-corrected chi connectivity index (χ1v) is 15.6. The second-order valence-corrected chi connectivity index (χ2v) is 14.7. The summed E-state index contributed by atoms with van der Waals surface area (Å²) in [6, 6.07) is 13.9. The molecule has 2 heterocycles. The normalized spacial score (nSPS) is 26.8. The standard InChI is InChI=1S/C27H38N2O6S2/c1-19-15-28(16-20(2)34-19)36(30,31)25-11-7-23(8-12-25)27(5,6)24-9-13-26(14-10-24)37(32,33)29-17-21(3)35-22(4)18-29/h7-14,19-22H,15-18H2,1-6H3/t19-,20-,21+,22+. The molecule has 8 nitrogen and oxygen atoms in total. The van der Waals surface area contributed by atoms with E-state index < -0.39 is 25.5 Å². The molecule has 2 aromatic carbocycles. The largest absolute Gasteiger partial charge is 0.373 e. The van der Waals surface area contributed by atoms with Gasteiger partial charge in [-0.3, -0.25) is 0 Å². The van der Waals surface area contributed by atoms with E-state index >= 15 is 0 Å². The first-order valence-electron chi connectivity index (χ1n) is 12.7. The second kappa shape index (κ2) is 10.4. The molecule has 0 aromatic heterocycles. The zero-order chi connectivity index (χ0) is 27.2. The van der Waals surface area contributed by atoms with Gasteiger partial charge in [-0.05, 0) is 63.1 Å². The minimum absolute atomic E-state index is 0.154. The van der Waals surface area contributed by atoms with Gasteiger partial charge in [-0.1, -0.05) is 38.1 Å². The molecule has 0 saturated carbocycles. The van der Waals surface area contributed by atoms with Gasteiger partial charge in [-0.25, -0.2) is 16.8 Å². The Labute approximate surface area is 221 Å². The summed E-state index contributed by atoms with van der Waals surface area (Å²) in [5.41, 5.74) is 1.40. The fourth-order valence-corrected chi connectivity index (χ4v) is 8.39. The van der Waals surface area contributed by atoms with Crippen molar-refractivity contribution >= 4 is 20.0 Å². The molecule has 204 valence electrons. The van der Waals surface area contributed by atoms with Crippen LogP contribution in [-0.2, 0) is 34.9 Å². The topological polar surface area (TPSA) is 93.2 Å². The van der Waals surface area contributed by atoms with E-state index in [1.54, 1.807) is 24.3 Å². The number of hydrogen-bond donors (Lipinski definition) is 0. The van der Waals surface area contributed by atoms with Crippen molar-refractivity contribution in [2.45, 2.75) is 81.2 Å². The molecule has 0 N–H and O–H groups in total. The summed E-state index contributed by atoms with van der Waals surface area (Å²) in [6.07, 6.45) is -0.616. The molecule has 2 fully saturated rings. The average Bonchev–Trinajstić information content (AvgIpc) is 2.83. The lowest BCUT2D eigenvalue weighted by Crippen LogP contribution is -2.48. The summed E-state index contributed by atoms with van der Waals surface area (Å²) in [6.45, 7) is 12.9. The van der Waals surface area contributed by atoms with Gasteiger partial charge < -0.3 is 9.47 Å². The van der Waals surface area contributed by atoms with Crippen LogP contribution in [0.3, 0.4) is 0 Å². The smallest absolute Gasteiger partial charge is 0.243 e. The Morgan fingerprint density at radius 1 is 0.595 bits per heavy atom. The number of ether oxygens (including phenoxy) is 2. The first kappa shape index (κ1) is 28.2. The van der Waals surface area contributed by atoms with E-state index in [0.717, 1.165) is 11.1 Å². The summed E-state index contributed by atoms with van der Waals surface area (Å²) in [4.78, 5) is 0.507. The lowest BCUT2D eigenvalue weighted by atomic mass is 9.78. The van der Waals surface area contributed by atoms with Crippen LogP contribution < -0.4 is 0 Å².